The summed E-state index contributed by atoms with van der Waals surface area (Å²) in [6, 6.07) is 0.280. The second-order valence-corrected chi connectivity index (χ2v) is 4.80. The molecule has 2 N–H and O–H groups in total. The van der Waals surface area contributed by atoms with E-state index in [0.29, 0.717) is 19.7 Å². The van der Waals surface area contributed by atoms with Crippen molar-refractivity contribution >= 4 is 5.91 Å². The molecule has 0 heterocycles. The minimum atomic E-state index is 0.136. The maximum Gasteiger partial charge on any atom is 0.236 e. The molecule has 0 aliphatic carbocycles. The van der Waals surface area contributed by atoms with Crippen LogP contribution in [0.3, 0.4) is 0 Å². The first-order chi connectivity index (χ1) is 8.56. The lowest BCUT2D eigenvalue weighted by molar-refractivity contribution is -0.130. The molecule has 0 aromatic rings. The van der Waals surface area contributed by atoms with Crippen LogP contribution in [0.4, 0.5) is 0 Å². The van der Waals surface area contributed by atoms with Crippen molar-refractivity contribution in [2.75, 3.05) is 47.4 Å². The van der Waals surface area contributed by atoms with Crippen molar-refractivity contribution in [1.82, 2.24) is 9.80 Å². The minimum absolute atomic E-state index is 0.136. The third-order valence-electron chi connectivity index (χ3n) is 2.96. The number of hydrogen-bond donors (Lipinski definition) is 1. The molecule has 1 amide bonds. The molecular weight excluding hydrogens is 230 g/mol. The van der Waals surface area contributed by atoms with E-state index in [-0.39, 0.29) is 11.9 Å². The van der Waals surface area contributed by atoms with Gasteiger partial charge in [0.05, 0.1) is 13.2 Å². The summed E-state index contributed by atoms with van der Waals surface area (Å²) in [5, 5.41) is 0. The highest BCUT2D eigenvalue weighted by Crippen LogP contribution is 2.09. The molecule has 0 bridgehead atoms. The average Bonchev–Trinajstić information content (AvgIpc) is 2.33. The predicted molar refractivity (Wildman–Crippen MR) is 74.5 cm³/mol. The summed E-state index contributed by atoms with van der Waals surface area (Å²) in [5.41, 5.74) is 5.56. The first-order valence-electron chi connectivity index (χ1n) is 6.70. The number of nitrogens with zero attached hydrogens (tertiary/aromatic N) is 2. The average molecular weight is 259 g/mol. The SMILES string of the molecule is CCCN(CC(=O)N(C)C)C(CCCN)COC. The van der Waals surface area contributed by atoms with Gasteiger partial charge >= 0.3 is 0 Å². The number of amides is 1. The fraction of sp³-hybridized carbons (Fsp3) is 0.923. The van der Waals surface area contributed by atoms with Crippen molar-refractivity contribution in [2.45, 2.75) is 32.2 Å². The Labute approximate surface area is 111 Å². The molecule has 1 unspecified atom stereocenters. The van der Waals surface area contributed by atoms with E-state index in [9.17, 15) is 4.79 Å². The van der Waals surface area contributed by atoms with E-state index in [4.69, 9.17) is 10.5 Å². The van der Waals surface area contributed by atoms with E-state index >= 15 is 0 Å². The number of nitrogens with two attached hydrogens (primary N) is 1. The van der Waals surface area contributed by atoms with E-state index in [2.05, 4.69) is 11.8 Å². The lowest BCUT2D eigenvalue weighted by Crippen LogP contribution is -2.45. The summed E-state index contributed by atoms with van der Waals surface area (Å²) in [6.07, 6.45) is 2.97. The van der Waals surface area contributed by atoms with Crippen LogP contribution in [-0.4, -0.2) is 69.2 Å². The maximum atomic E-state index is 11.8. The van der Waals surface area contributed by atoms with Crippen molar-refractivity contribution in [3.05, 3.63) is 0 Å². The number of carbonyl (C=O) groups excluding carboxylic acids is 1. The van der Waals surface area contributed by atoms with Crippen molar-refractivity contribution < 1.29 is 9.53 Å². The van der Waals surface area contributed by atoms with E-state index in [1.54, 1.807) is 26.1 Å². The number of hydrogen-bond acceptors (Lipinski definition) is 4. The third-order valence-corrected chi connectivity index (χ3v) is 2.96. The number of carbonyl (C=O) groups is 1. The Kier molecular flexibility index (Phi) is 9.92. The van der Waals surface area contributed by atoms with Gasteiger partial charge in [0.25, 0.3) is 0 Å². The molecule has 108 valence electrons. The molecule has 0 rings (SSSR count). The van der Waals surface area contributed by atoms with Gasteiger partial charge in [-0.15, -0.1) is 0 Å². The predicted octanol–water partition coefficient (Wildman–Crippen LogP) is 0.541. The maximum absolute atomic E-state index is 11.8. The molecule has 18 heavy (non-hydrogen) atoms. The van der Waals surface area contributed by atoms with Gasteiger partial charge in [-0.2, -0.15) is 0 Å². The third kappa shape index (κ3) is 6.93. The molecule has 0 spiro atoms. The largest absolute Gasteiger partial charge is 0.383 e. The highest BCUT2D eigenvalue weighted by molar-refractivity contribution is 5.77. The molecule has 1 atom stereocenters. The Morgan fingerprint density at radius 2 is 2.06 bits per heavy atom. The molecule has 0 aliphatic heterocycles. The smallest absolute Gasteiger partial charge is 0.236 e. The van der Waals surface area contributed by atoms with Crippen molar-refractivity contribution in [3.8, 4) is 0 Å². The molecule has 0 saturated heterocycles. The van der Waals surface area contributed by atoms with Gasteiger partial charge in [0, 0.05) is 27.2 Å². The lowest BCUT2D eigenvalue weighted by atomic mass is 10.1. The van der Waals surface area contributed by atoms with Crippen LogP contribution >= 0.6 is 0 Å². The number of methoxy groups -OCH3 is 1. The molecule has 0 radical (unpaired) electrons. The van der Waals surface area contributed by atoms with E-state index in [1.165, 1.54) is 0 Å². The van der Waals surface area contributed by atoms with Crippen molar-refractivity contribution in [2.24, 2.45) is 5.73 Å². The number of ether oxygens (including phenoxy) is 1. The lowest BCUT2D eigenvalue weighted by Gasteiger charge is -2.31. The second kappa shape index (κ2) is 10.3. The molecule has 5 heteroatoms. The van der Waals surface area contributed by atoms with Crippen LogP contribution in [-0.2, 0) is 9.53 Å². The summed E-state index contributed by atoms with van der Waals surface area (Å²) < 4.78 is 5.26. The molecule has 0 aliphatic rings. The van der Waals surface area contributed by atoms with Crippen LogP contribution < -0.4 is 5.73 Å². The molecule has 0 saturated carbocycles. The summed E-state index contributed by atoms with van der Waals surface area (Å²) >= 11 is 0. The summed E-state index contributed by atoms with van der Waals surface area (Å²) in [5.74, 6) is 0.136. The molecule has 0 aromatic heterocycles. The Morgan fingerprint density at radius 3 is 2.50 bits per heavy atom. The van der Waals surface area contributed by atoms with Crippen LogP contribution in [0.15, 0.2) is 0 Å². The van der Waals surface area contributed by atoms with Gasteiger partial charge in [-0.05, 0) is 32.4 Å². The fourth-order valence-corrected chi connectivity index (χ4v) is 1.91. The zero-order valence-electron chi connectivity index (χ0n) is 12.3. The van der Waals surface area contributed by atoms with Gasteiger partial charge in [0.1, 0.15) is 0 Å². The first kappa shape index (κ1) is 17.4. The van der Waals surface area contributed by atoms with Gasteiger partial charge < -0.3 is 15.4 Å². The Morgan fingerprint density at radius 1 is 1.39 bits per heavy atom. The highest BCUT2D eigenvalue weighted by Gasteiger charge is 2.20. The van der Waals surface area contributed by atoms with Crippen LogP contribution in [0.1, 0.15) is 26.2 Å². The Balaban J connectivity index is 4.51. The number of rotatable bonds is 10. The van der Waals surface area contributed by atoms with Crippen LogP contribution in [0.25, 0.3) is 0 Å². The molecule has 0 fully saturated rings. The quantitative estimate of drug-likeness (QED) is 0.622. The molecule has 0 aromatic carbocycles. The zero-order chi connectivity index (χ0) is 14.0. The van der Waals surface area contributed by atoms with Gasteiger partial charge in [0.2, 0.25) is 5.91 Å². The van der Waals surface area contributed by atoms with Gasteiger partial charge in [-0.1, -0.05) is 6.92 Å². The monoisotopic (exact) mass is 259 g/mol. The van der Waals surface area contributed by atoms with E-state index in [1.807, 2.05) is 0 Å². The van der Waals surface area contributed by atoms with Crippen molar-refractivity contribution in [1.29, 1.82) is 0 Å². The van der Waals surface area contributed by atoms with Gasteiger partial charge in [-0.3, -0.25) is 9.69 Å². The standard InChI is InChI=1S/C13H29N3O2/c1-5-9-16(10-13(17)15(2)3)12(11-18-4)7-6-8-14/h12H,5-11,14H2,1-4H3. The van der Waals surface area contributed by atoms with Gasteiger partial charge in [-0.25, -0.2) is 0 Å². The second-order valence-electron chi connectivity index (χ2n) is 4.80. The highest BCUT2D eigenvalue weighted by atomic mass is 16.5. The normalized spacial score (nSPS) is 12.8. The first-order valence-corrected chi connectivity index (χ1v) is 6.70. The van der Waals surface area contributed by atoms with Gasteiger partial charge in [0.15, 0.2) is 0 Å². The summed E-state index contributed by atoms with van der Waals surface area (Å²) in [6.45, 7) is 4.83. The Bertz CT molecular complexity index is 222. The summed E-state index contributed by atoms with van der Waals surface area (Å²) in [7, 11) is 5.28. The minimum Gasteiger partial charge on any atom is -0.383 e. The Hall–Kier alpha value is -0.650. The topological polar surface area (TPSA) is 58.8 Å². The summed E-state index contributed by atoms with van der Waals surface area (Å²) in [4.78, 5) is 15.7. The van der Waals surface area contributed by atoms with Crippen LogP contribution in [0, 0.1) is 0 Å². The van der Waals surface area contributed by atoms with Crippen molar-refractivity contribution in [3.63, 3.8) is 0 Å². The molecular formula is C13H29N3O2. The van der Waals surface area contributed by atoms with E-state index < -0.39 is 0 Å². The number of likely N-dealkylation sites (N-methyl/N-ethyl adjacent to an activating group) is 1. The zero-order valence-corrected chi connectivity index (χ0v) is 12.3. The van der Waals surface area contributed by atoms with Crippen LogP contribution in [0.2, 0.25) is 0 Å². The van der Waals surface area contributed by atoms with Crippen LogP contribution in [0.5, 0.6) is 0 Å². The molecule has 5 nitrogen and oxygen atoms in total. The van der Waals surface area contributed by atoms with E-state index in [0.717, 1.165) is 25.8 Å². The fourth-order valence-electron chi connectivity index (χ4n) is 1.91.